The number of para-hydroxylation sites is 1. The summed E-state index contributed by atoms with van der Waals surface area (Å²) in [7, 11) is 0. The Morgan fingerprint density at radius 1 is 0.951 bits per heavy atom. The smallest absolute Gasteiger partial charge is 0.282 e. The maximum Gasteiger partial charge on any atom is 0.282 e. The van der Waals surface area contributed by atoms with Crippen molar-refractivity contribution >= 4 is 22.4 Å². The SMILES string of the molecule is Cc1ccn2nc(C(C)Nc3ncnc4[nH]cc(-c5ccn(-c6cccc(O)c6)n5)c34)n(-c3ccccc3)c(=O)c12. The van der Waals surface area contributed by atoms with Crippen LogP contribution in [-0.2, 0) is 0 Å². The zero-order chi connectivity index (χ0) is 28.1. The van der Waals surface area contributed by atoms with Crippen molar-refractivity contribution in [2.45, 2.75) is 19.9 Å². The number of benzene rings is 2. The first kappa shape index (κ1) is 24.3. The van der Waals surface area contributed by atoms with E-state index in [9.17, 15) is 9.90 Å². The van der Waals surface area contributed by atoms with Gasteiger partial charge in [-0.05, 0) is 55.8 Å². The number of aromatic hydroxyl groups is 1. The van der Waals surface area contributed by atoms with Gasteiger partial charge in [0.05, 0.1) is 28.5 Å². The topological polar surface area (TPSA) is 131 Å². The third-order valence-electron chi connectivity index (χ3n) is 7.10. The molecule has 0 aliphatic heterocycles. The molecule has 0 fully saturated rings. The van der Waals surface area contributed by atoms with Crippen molar-refractivity contribution in [1.29, 1.82) is 0 Å². The van der Waals surface area contributed by atoms with Gasteiger partial charge in [0.2, 0.25) is 0 Å². The summed E-state index contributed by atoms with van der Waals surface area (Å²) in [6.45, 7) is 3.85. The molecule has 1 unspecified atom stereocenters. The van der Waals surface area contributed by atoms with Crippen molar-refractivity contribution in [1.82, 2.24) is 38.9 Å². The molecule has 0 radical (unpaired) electrons. The minimum Gasteiger partial charge on any atom is -0.508 e. The Bertz CT molecular complexity index is 2100. The molecule has 0 saturated heterocycles. The molecule has 11 nitrogen and oxygen atoms in total. The number of rotatable bonds is 6. The van der Waals surface area contributed by atoms with Crippen LogP contribution >= 0.6 is 0 Å². The maximum absolute atomic E-state index is 13.8. The summed E-state index contributed by atoms with van der Waals surface area (Å²) in [6.07, 6.45) is 6.96. The maximum atomic E-state index is 13.8. The molecule has 11 heteroatoms. The second kappa shape index (κ2) is 9.49. The van der Waals surface area contributed by atoms with Gasteiger partial charge in [-0.3, -0.25) is 9.36 Å². The monoisotopic (exact) mass is 543 g/mol. The second-order valence-corrected chi connectivity index (χ2v) is 9.81. The lowest BCUT2D eigenvalue weighted by molar-refractivity contribution is 0.475. The van der Waals surface area contributed by atoms with E-state index in [1.165, 1.54) is 6.33 Å². The number of H-pyrrole nitrogens is 1. The number of nitrogens with one attached hydrogen (secondary N) is 2. The number of phenols is 1. The molecular formula is C30H25N9O2. The van der Waals surface area contributed by atoms with Gasteiger partial charge in [-0.2, -0.15) is 10.2 Å². The molecule has 0 aliphatic rings. The molecule has 202 valence electrons. The number of aromatic amines is 1. The fraction of sp³-hybridized carbons (Fsp3) is 0.100. The van der Waals surface area contributed by atoms with E-state index in [2.05, 4.69) is 20.3 Å². The number of aryl methyl sites for hydroxylation is 1. The zero-order valence-corrected chi connectivity index (χ0v) is 22.2. The molecule has 7 aromatic rings. The van der Waals surface area contributed by atoms with Crippen molar-refractivity contribution in [2.75, 3.05) is 5.32 Å². The predicted octanol–water partition coefficient (Wildman–Crippen LogP) is 4.80. The van der Waals surface area contributed by atoms with Gasteiger partial charge in [0.15, 0.2) is 5.82 Å². The Morgan fingerprint density at radius 3 is 2.61 bits per heavy atom. The van der Waals surface area contributed by atoms with E-state index >= 15 is 0 Å². The minimum absolute atomic E-state index is 0.148. The largest absolute Gasteiger partial charge is 0.508 e. The fourth-order valence-electron chi connectivity index (χ4n) is 5.13. The Labute approximate surface area is 233 Å². The highest BCUT2D eigenvalue weighted by atomic mass is 16.3. The zero-order valence-electron chi connectivity index (χ0n) is 22.2. The Balaban J connectivity index is 1.32. The number of phenolic OH excluding ortho intramolecular Hbond substituents is 1. The van der Waals surface area contributed by atoms with E-state index in [4.69, 9.17) is 10.2 Å². The lowest BCUT2D eigenvalue weighted by Gasteiger charge is -2.20. The Morgan fingerprint density at radius 2 is 1.78 bits per heavy atom. The first-order valence-electron chi connectivity index (χ1n) is 13.1. The van der Waals surface area contributed by atoms with Crippen molar-refractivity contribution in [2.24, 2.45) is 0 Å². The second-order valence-electron chi connectivity index (χ2n) is 9.81. The average Bonchev–Trinajstić information content (AvgIpc) is 3.72. The van der Waals surface area contributed by atoms with Crippen LogP contribution in [0, 0.1) is 6.92 Å². The average molecular weight is 544 g/mol. The predicted molar refractivity (Wildman–Crippen MR) is 156 cm³/mol. The molecule has 0 amide bonds. The Kier molecular flexibility index (Phi) is 5.63. The van der Waals surface area contributed by atoms with Gasteiger partial charge < -0.3 is 15.4 Å². The van der Waals surface area contributed by atoms with E-state index in [0.29, 0.717) is 28.5 Å². The van der Waals surface area contributed by atoms with Gasteiger partial charge >= 0.3 is 0 Å². The summed E-state index contributed by atoms with van der Waals surface area (Å²) in [4.78, 5) is 26.0. The van der Waals surface area contributed by atoms with E-state index in [0.717, 1.165) is 27.9 Å². The summed E-state index contributed by atoms with van der Waals surface area (Å²) in [6, 6.07) is 19.8. The van der Waals surface area contributed by atoms with E-state index < -0.39 is 6.04 Å². The van der Waals surface area contributed by atoms with Crippen molar-refractivity contribution < 1.29 is 5.11 Å². The molecule has 0 bridgehead atoms. The highest BCUT2D eigenvalue weighted by Crippen LogP contribution is 2.33. The summed E-state index contributed by atoms with van der Waals surface area (Å²) in [5.74, 6) is 1.26. The molecular weight excluding hydrogens is 518 g/mol. The molecule has 7 rings (SSSR count). The molecule has 0 saturated carbocycles. The number of hydrogen-bond donors (Lipinski definition) is 3. The normalized spacial score (nSPS) is 12.2. The van der Waals surface area contributed by atoms with E-state index in [1.54, 1.807) is 38.2 Å². The van der Waals surface area contributed by atoms with Crippen LogP contribution in [0.4, 0.5) is 5.82 Å². The van der Waals surface area contributed by atoms with Crippen molar-refractivity contribution in [3.63, 3.8) is 0 Å². The summed E-state index contributed by atoms with van der Waals surface area (Å²) in [5, 5.41) is 23.7. The molecule has 0 aliphatic carbocycles. The number of nitrogens with zero attached hydrogens (tertiary/aromatic N) is 7. The molecule has 41 heavy (non-hydrogen) atoms. The minimum atomic E-state index is -0.416. The first-order valence-corrected chi connectivity index (χ1v) is 13.1. The summed E-state index contributed by atoms with van der Waals surface area (Å²) in [5.41, 5.74) is 4.85. The van der Waals surface area contributed by atoms with Crippen LogP contribution in [0.15, 0.2) is 96.4 Å². The molecule has 5 aromatic heterocycles. The van der Waals surface area contributed by atoms with E-state index in [1.807, 2.05) is 74.8 Å². The van der Waals surface area contributed by atoms with Crippen LogP contribution in [0.3, 0.4) is 0 Å². The third kappa shape index (κ3) is 4.11. The lowest BCUT2D eigenvalue weighted by atomic mass is 10.1. The highest BCUT2D eigenvalue weighted by Gasteiger charge is 2.22. The van der Waals surface area contributed by atoms with Gasteiger partial charge in [0, 0.05) is 30.2 Å². The molecule has 1 atom stereocenters. The molecule has 3 N–H and O–H groups in total. The quantitative estimate of drug-likeness (QED) is 0.275. The highest BCUT2D eigenvalue weighted by molar-refractivity contribution is 6.00. The fourth-order valence-corrected chi connectivity index (χ4v) is 5.13. The van der Waals surface area contributed by atoms with E-state index in [-0.39, 0.29) is 11.3 Å². The number of fused-ring (bicyclic) bond motifs is 2. The van der Waals surface area contributed by atoms with Crippen molar-refractivity contribution in [3.8, 4) is 28.4 Å². The number of aromatic nitrogens is 8. The summed E-state index contributed by atoms with van der Waals surface area (Å²) >= 11 is 0. The van der Waals surface area contributed by atoms with Gasteiger partial charge in [-0.1, -0.05) is 24.3 Å². The van der Waals surface area contributed by atoms with Crippen LogP contribution in [0.5, 0.6) is 5.75 Å². The molecule has 2 aromatic carbocycles. The van der Waals surface area contributed by atoms with Crippen LogP contribution in [-0.4, -0.2) is 44.0 Å². The Hall–Kier alpha value is -5.71. The van der Waals surface area contributed by atoms with Gasteiger partial charge in [0.1, 0.15) is 29.1 Å². The van der Waals surface area contributed by atoms with Gasteiger partial charge in [0.25, 0.3) is 5.56 Å². The van der Waals surface area contributed by atoms with Crippen LogP contribution < -0.4 is 10.9 Å². The third-order valence-corrected chi connectivity index (χ3v) is 7.10. The van der Waals surface area contributed by atoms with Crippen LogP contribution in [0.1, 0.15) is 24.4 Å². The molecule has 0 spiro atoms. The van der Waals surface area contributed by atoms with Crippen LogP contribution in [0.25, 0.3) is 39.2 Å². The first-order chi connectivity index (χ1) is 20.0. The number of anilines is 1. The van der Waals surface area contributed by atoms with Crippen LogP contribution in [0.2, 0.25) is 0 Å². The number of hydrogen-bond acceptors (Lipinski definition) is 7. The lowest BCUT2D eigenvalue weighted by Crippen LogP contribution is -2.29. The molecule has 5 heterocycles. The van der Waals surface area contributed by atoms with Gasteiger partial charge in [-0.15, -0.1) is 0 Å². The standard InChI is InChI=1S/C30H25N9O2/c1-18-11-13-38-26(18)30(41)39(20-7-4-3-5-8-20)29(36-38)19(2)34-28-25-23(16-31-27(25)32-17-33-28)24-12-14-37(35-24)21-9-6-10-22(40)15-21/h3-17,19,40H,1-2H3,(H2,31,32,33,34). The summed E-state index contributed by atoms with van der Waals surface area (Å²) < 4.78 is 4.98. The van der Waals surface area contributed by atoms with Gasteiger partial charge in [-0.25, -0.2) is 19.2 Å². The van der Waals surface area contributed by atoms with Crippen molar-refractivity contribution in [3.05, 3.63) is 113 Å².